The predicted molar refractivity (Wildman–Crippen MR) is 75.6 cm³/mol. The number of hydrogen-bond acceptors (Lipinski definition) is 3. The summed E-state index contributed by atoms with van der Waals surface area (Å²) in [7, 11) is 0. The molecule has 0 aliphatic heterocycles. The van der Waals surface area contributed by atoms with Crippen molar-refractivity contribution in [1.82, 2.24) is 20.1 Å². The zero-order chi connectivity index (χ0) is 13.7. The average Bonchev–Trinajstić information content (AvgIpc) is 2.75. The zero-order valence-corrected chi connectivity index (χ0v) is 12.6. The van der Waals surface area contributed by atoms with Gasteiger partial charge < -0.3 is 5.32 Å². The van der Waals surface area contributed by atoms with Crippen molar-refractivity contribution in [2.24, 2.45) is 11.8 Å². The molecule has 2 atom stereocenters. The fourth-order valence-electron chi connectivity index (χ4n) is 2.22. The van der Waals surface area contributed by atoms with Crippen LogP contribution in [-0.4, -0.2) is 27.4 Å². The van der Waals surface area contributed by atoms with E-state index in [-0.39, 0.29) is 0 Å². The van der Waals surface area contributed by atoms with E-state index in [9.17, 15) is 0 Å². The summed E-state index contributed by atoms with van der Waals surface area (Å²) in [5, 5.41) is 7.90. The molecule has 1 rings (SSSR count). The molecule has 0 amide bonds. The lowest BCUT2D eigenvalue weighted by molar-refractivity contribution is 0.293. The third-order valence-electron chi connectivity index (χ3n) is 3.69. The van der Waals surface area contributed by atoms with Gasteiger partial charge in [-0.25, -0.2) is 9.67 Å². The molecule has 0 radical (unpaired) electrons. The first-order valence-corrected chi connectivity index (χ1v) is 7.09. The van der Waals surface area contributed by atoms with Gasteiger partial charge >= 0.3 is 0 Å². The van der Waals surface area contributed by atoms with Crippen LogP contribution in [0.5, 0.6) is 0 Å². The summed E-state index contributed by atoms with van der Waals surface area (Å²) in [6, 6.07) is 0.843. The van der Waals surface area contributed by atoms with E-state index in [1.54, 1.807) is 6.33 Å². The molecule has 0 saturated heterocycles. The summed E-state index contributed by atoms with van der Waals surface area (Å²) in [5.74, 6) is 2.38. The van der Waals surface area contributed by atoms with Crippen molar-refractivity contribution in [1.29, 1.82) is 0 Å². The Morgan fingerprint density at radius 1 is 1.22 bits per heavy atom. The lowest BCUT2D eigenvalue weighted by Crippen LogP contribution is -2.39. The van der Waals surface area contributed by atoms with E-state index < -0.39 is 0 Å². The maximum Gasteiger partial charge on any atom is 0.138 e. The standard InChI is InChI=1S/C14H28N4/c1-7-15-13(12(6)10(2)3)8-14-16-9-17-18(14)11(4)5/h9-13,15H,7-8H2,1-6H3. The van der Waals surface area contributed by atoms with Gasteiger partial charge in [0.05, 0.1) is 0 Å². The summed E-state index contributed by atoms with van der Waals surface area (Å²) >= 11 is 0. The van der Waals surface area contributed by atoms with E-state index in [0.29, 0.717) is 23.9 Å². The van der Waals surface area contributed by atoms with E-state index in [1.165, 1.54) is 0 Å². The second-order valence-electron chi connectivity index (χ2n) is 5.69. The molecule has 4 heteroatoms. The molecule has 0 saturated carbocycles. The monoisotopic (exact) mass is 252 g/mol. The van der Waals surface area contributed by atoms with Gasteiger partial charge in [0.25, 0.3) is 0 Å². The smallest absolute Gasteiger partial charge is 0.138 e. The third-order valence-corrected chi connectivity index (χ3v) is 3.69. The number of hydrogen-bond donors (Lipinski definition) is 1. The van der Waals surface area contributed by atoms with Crippen LogP contribution in [0.25, 0.3) is 0 Å². The van der Waals surface area contributed by atoms with Crippen LogP contribution < -0.4 is 5.32 Å². The largest absolute Gasteiger partial charge is 0.314 e. The molecule has 0 aliphatic carbocycles. The first-order valence-electron chi connectivity index (χ1n) is 7.09. The molecule has 1 aromatic heterocycles. The van der Waals surface area contributed by atoms with Gasteiger partial charge in [-0.3, -0.25) is 0 Å². The number of nitrogens with zero attached hydrogens (tertiary/aromatic N) is 3. The summed E-state index contributed by atoms with van der Waals surface area (Å²) in [5.41, 5.74) is 0. The van der Waals surface area contributed by atoms with Crippen LogP contribution in [0.4, 0.5) is 0 Å². The van der Waals surface area contributed by atoms with Gasteiger partial charge in [0.15, 0.2) is 0 Å². The average molecular weight is 252 g/mol. The predicted octanol–water partition coefficient (Wildman–Crippen LogP) is 2.67. The molecular weight excluding hydrogens is 224 g/mol. The lowest BCUT2D eigenvalue weighted by Gasteiger charge is -2.27. The highest BCUT2D eigenvalue weighted by atomic mass is 15.3. The van der Waals surface area contributed by atoms with Crippen LogP contribution in [0.15, 0.2) is 6.33 Å². The highest BCUT2D eigenvalue weighted by molar-refractivity contribution is 4.93. The van der Waals surface area contributed by atoms with Crippen molar-refractivity contribution in [2.45, 2.75) is 60.0 Å². The number of aromatic nitrogens is 3. The second kappa shape index (κ2) is 6.88. The third kappa shape index (κ3) is 3.80. The normalized spacial score (nSPS) is 15.3. The molecule has 1 heterocycles. The molecule has 0 bridgehead atoms. The Morgan fingerprint density at radius 3 is 2.39 bits per heavy atom. The highest BCUT2D eigenvalue weighted by Crippen LogP contribution is 2.18. The first kappa shape index (κ1) is 15.2. The molecule has 4 nitrogen and oxygen atoms in total. The fraction of sp³-hybridized carbons (Fsp3) is 0.857. The van der Waals surface area contributed by atoms with Crippen molar-refractivity contribution in [3.8, 4) is 0 Å². The number of rotatable bonds is 7. The van der Waals surface area contributed by atoms with E-state index >= 15 is 0 Å². The molecule has 0 fully saturated rings. The Bertz CT molecular complexity index is 343. The minimum atomic E-state index is 0.374. The Labute approximate surface area is 111 Å². The van der Waals surface area contributed by atoms with E-state index in [4.69, 9.17) is 0 Å². The SMILES string of the molecule is CCNC(Cc1ncnn1C(C)C)C(C)C(C)C. The van der Waals surface area contributed by atoms with Crippen LogP contribution in [-0.2, 0) is 6.42 Å². The van der Waals surface area contributed by atoms with E-state index in [0.717, 1.165) is 18.8 Å². The topological polar surface area (TPSA) is 42.7 Å². The Kier molecular flexibility index (Phi) is 5.79. The molecular formula is C14H28N4. The van der Waals surface area contributed by atoms with E-state index in [1.807, 2.05) is 4.68 Å². The molecule has 1 N–H and O–H groups in total. The zero-order valence-electron chi connectivity index (χ0n) is 12.6. The summed E-state index contributed by atoms with van der Waals surface area (Å²) in [4.78, 5) is 4.41. The van der Waals surface area contributed by atoms with Crippen molar-refractivity contribution in [3.05, 3.63) is 12.2 Å². The Hall–Kier alpha value is -0.900. The van der Waals surface area contributed by atoms with Crippen molar-refractivity contribution in [3.63, 3.8) is 0 Å². The van der Waals surface area contributed by atoms with Gasteiger partial charge in [-0.15, -0.1) is 0 Å². The molecule has 2 unspecified atom stereocenters. The molecule has 0 aliphatic rings. The minimum absolute atomic E-state index is 0.374. The molecule has 1 aromatic rings. The van der Waals surface area contributed by atoms with Gasteiger partial charge in [0.1, 0.15) is 12.2 Å². The fourth-order valence-corrected chi connectivity index (χ4v) is 2.22. The summed E-state index contributed by atoms with van der Waals surface area (Å²) in [6.07, 6.45) is 2.61. The Balaban J connectivity index is 2.79. The van der Waals surface area contributed by atoms with Crippen LogP contribution in [0.3, 0.4) is 0 Å². The second-order valence-corrected chi connectivity index (χ2v) is 5.69. The minimum Gasteiger partial charge on any atom is -0.314 e. The maximum atomic E-state index is 4.41. The van der Waals surface area contributed by atoms with Crippen molar-refractivity contribution in [2.75, 3.05) is 6.54 Å². The molecule has 0 spiro atoms. The van der Waals surface area contributed by atoms with Gasteiger partial charge in [-0.05, 0) is 32.2 Å². The Morgan fingerprint density at radius 2 is 1.89 bits per heavy atom. The number of nitrogens with one attached hydrogen (secondary N) is 1. The summed E-state index contributed by atoms with van der Waals surface area (Å²) in [6.45, 7) is 14.3. The van der Waals surface area contributed by atoms with Gasteiger partial charge in [-0.1, -0.05) is 27.7 Å². The molecule has 104 valence electrons. The van der Waals surface area contributed by atoms with Crippen molar-refractivity contribution < 1.29 is 0 Å². The highest BCUT2D eigenvalue weighted by Gasteiger charge is 2.22. The first-order chi connectivity index (χ1) is 8.47. The van der Waals surface area contributed by atoms with Crippen LogP contribution in [0.2, 0.25) is 0 Å². The lowest BCUT2D eigenvalue weighted by atomic mass is 9.88. The molecule has 18 heavy (non-hydrogen) atoms. The maximum absolute atomic E-state index is 4.41. The van der Waals surface area contributed by atoms with E-state index in [2.05, 4.69) is 56.9 Å². The van der Waals surface area contributed by atoms with Crippen LogP contribution in [0.1, 0.15) is 53.4 Å². The van der Waals surface area contributed by atoms with Crippen molar-refractivity contribution >= 4 is 0 Å². The molecule has 0 aromatic carbocycles. The van der Waals surface area contributed by atoms with Gasteiger partial charge in [0.2, 0.25) is 0 Å². The van der Waals surface area contributed by atoms with Gasteiger partial charge in [0, 0.05) is 18.5 Å². The quantitative estimate of drug-likeness (QED) is 0.811. The van der Waals surface area contributed by atoms with Gasteiger partial charge in [-0.2, -0.15) is 5.10 Å². The van der Waals surface area contributed by atoms with Crippen LogP contribution >= 0.6 is 0 Å². The number of likely N-dealkylation sites (N-methyl/N-ethyl adjacent to an activating group) is 1. The van der Waals surface area contributed by atoms with Crippen LogP contribution in [0, 0.1) is 11.8 Å². The summed E-state index contributed by atoms with van der Waals surface area (Å²) < 4.78 is 2.03.